The summed E-state index contributed by atoms with van der Waals surface area (Å²) in [5.74, 6) is 0.178. The normalized spacial score (nSPS) is 13.7. The smallest absolute Gasteiger partial charge is 0.416 e. The highest BCUT2D eigenvalue weighted by molar-refractivity contribution is 5.94. The maximum Gasteiger partial charge on any atom is 0.416 e. The SMILES string of the molecule is C[C@H](N[C@@H](c1ccccc1)c1ccco1)C(=O)Nc1cccc(C(F)(F)F)c1. The fraction of sp³-hybridized carbons (Fsp3) is 0.190. The molecule has 2 atom stereocenters. The van der Waals surface area contributed by atoms with Crippen molar-refractivity contribution in [2.24, 2.45) is 0 Å². The third-order valence-corrected chi connectivity index (χ3v) is 4.23. The van der Waals surface area contributed by atoms with E-state index in [2.05, 4.69) is 10.6 Å². The molecule has 0 bridgehead atoms. The summed E-state index contributed by atoms with van der Waals surface area (Å²) in [5, 5.41) is 5.70. The zero-order valence-electron chi connectivity index (χ0n) is 15.0. The Morgan fingerprint density at radius 3 is 2.39 bits per heavy atom. The summed E-state index contributed by atoms with van der Waals surface area (Å²) < 4.78 is 44.0. The van der Waals surface area contributed by atoms with E-state index in [4.69, 9.17) is 4.42 Å². The lowest BCUT2D eigenvalue weighted by molar-refractivity contribution is -0.137. The van der Waals surface area contributed by atoms with Gasteiger partial charge in [0.15, 0.2) is 0 Å². The summed E-state index contributed by atoms with van der Waals surface area (Å²) in [4.78, 5) is 12.5. The number of nitrogens with one attached hydrogen (secondary N) is 2. The predicted molar refractivity (Wildman–Crippen MR) is 99.7 cm³/mol. The number of amides is 1. The van der Waals surface area contributed by atoms with Gasteiger partial charge in [0.2, 0.25) is 5.91 Å². The first-order chi connectivity index (χ1) is 13.3. The molecule has 146 valence electrons. The van der Waals surface area contributed by atoms with Gasteiger partial charge in [-0.2, -0.15) is 13.2 Å². The van der Waals surface area contributed by atoms with Crippen molar-refractivity contribution >= 4 is 11.6 Å². The van der Waals surface area contributed by atoms with Crippen molar-refractivity contribution in [1.82, 2.24) is 5.32 Å². The Bertz CT molecular complexity index is 909. The van der Waals surface area contributed by atoms with Crippen molar-refractivity contribution in [1.29, 1.82) is 0 Å². The standard InChI is InChI=1S/C21H19F3N2O2/c1-14(20(27)26-17-10-5-9-16(13-17)21(22,23)24)25-19(18-11-6-12-28-18)15-7-3-2-4-8-15/h2-14,19,25H,1H3,(H,26,27)/t14-,19-/m0/s1. The van der Waals surface area contributed by atoms with Crippen molar-refractivity contribution in [3.8, 4) is 0 Å². The zero-order chi connectivity index (χ0) is 20.1. The molecule has 1 aromatic heterocycles. The lowest BCUT2D eigenvalue weighted by Crippen LogP contribution is -2.40. The third-order valence-electron chi connectivity index (χ3n) is 4.23. The van der Waals surface area contributed by atoms with E-state index in [9.17, 15) is 18.0 Å². The van der Waals surface area contributed by atoms with Gasteiger partial charge in [-0.05, 0) is 42.8 Å². The van der Waals surface area contributed by atoms with Gasteiger partial charge in [-0.15, -0.1) is 0 Å². The van der Waals surface area contributed by atoms with Crippen molar-refractivity contribution in [2.75, 3.05) is 5.32 Å². The van der Waals surface area contributed by atoms with E-state index in [1.807, 2.05) is 30.3 Å². The predicted octanol–water partition coefficient (Wildman–Crippen LogP) is 5.00. The molecule has 0 aliphatic carbocycles. The van der Waals surface area contributed by atoms with Gasteiger partial charge in [-0.1, -0.05) is 36.4 Å². The second-order valence-electron chi connectivity index (χ2n) is 6.32. The molecule has 2 aromatic carbocycles. The summed E-state index contributed by atoms with van der Waals surface area (Å²) in [6, 6.07) is 16.5. The molecule has 28 heavy (non-hydrogen) atoms. The fourth-order valence-electron chi connectivity index (χ4n) is 2.79. The molecular weight excluding hydrogens is 369 g/mol. The molecule has 0 saturated heterocycles. The molecule has 0 aliphatic heterocycles. The number of hydrogen-bond donors (Lipinski definition) is 2. The minimum atomic E-state index is -4.47. The summed E-state index contributed by atoms with van der Waals surface area (Å²) in [5.41, 5.74) is 0.169. The van der Waals surface area contributed by atoms with Crippen molar-refractivity contribution < 1.29 is 22.4 Å². The molecule has 0 radical (unpaired) electrons. The largest absolute Gasteiger partial charge is 0.467 e. The first-order valence-corrected chi connectivity index (χ1v) is 8.67. The van der Waals surface area contributed by atoms with Crippen LogP contribution in [0.4, 0.5) is 18.9 Å². The van der Waals surface area contributed by atoms with Crippen LogP contribution in [0.3, 0.4) is 0 Å². The van der Waals surface area contributed by atoms with E-state index < -0.39 is 23.7 Å². The maximum atomic E-state index is 12.8. The van der Waals surface area contributed by atoms with E-state index in [1.165, 1.54) is 12.1 Å². The van der Waals surface area contributed by atoms with Gasteiger partial charge >= 0.3 is 6.18 Å². The Kier molecular flexibility index (Phi) is 5.84. The van der Waals surface area contributed by atoms with E-state index >= 15 is 0 Å². The number of halogens is 3. The summed E-state index contributed by atoms with van der Waals surface area (Å²) in [7, 11) is 0. The lowest BCUT2D eigenvalue weighted by atomic mass is 10.0. The highest BCUT2D eigenvalue weighted by atomic mass is 19.4. The highest BCUT2D eigenvalue weighted by Gasteiger charge is 2.30. The number of anilines is 1. The Balaban J connectivity index is 1.74. The number of hydrogen-bond acceptors (Lipinski definition) is 3. The van der Waals surface area contributed by atoms with Crippen LogP contribution in [0.15, 0.2) is 77.4 Å². The monoisotopic (exact) mass is 388 g/mol. The second-order valence-corrected chi connectivity index (χ2v) is 6.32. The topological polar surface area (TPSA) is 54.3 Å². The fourth-order valence-corrected chi connectivity index (χ4v) is 2.79. The van der Waals surface area contributed by atoms with Crippen LogP contribution < -0.4 is 10.6 Å². The zero-order valence-corrected chi connectivity index (χ0v) is 15.0. The van der Waals surface area contributed by atoms with Crippen molar-refractivity contribution in [3.05, 3.63) is 89.9 Å². The summed E-state index contributed by atoms with van der Waals surface area (Å²) in [6.45, 7) is 1.64. The van der Waals surface area contributed by atoms with Gasteiger partial charge < -0.3 is 9.73 Å². The maximum absolute atomic E-state index is 12.8. The van der Waals surface area contributed by atoms with Crippen LogP contribution in [0.1, 0.15) is 29.9 Å². The van der Waals surface area contributed by atoms with Crippen LogP contribution in [0, 0.1) is 0 Å². The number of carbonyl (C=O) groups excluding carboxylic acids is 1. The van der Waals surface area contributed by atoms with Crippen LogP contribution >= 0.6 is 0 Å². The number of furan rings is 1. The molecule has 3 aromatic rings. The Hall–Kier alpha value is -3.06. The molecule has 1 heterocycles. The third kappa shape index (κ3) is 4.80. The Morgan fingerprint density at radius 2 is 1.75 bits per heavy atom. The number of benzene rings is 2. The van der Waals surface area contributed by atoms with Crippen LogP contribution in [0.25, 0.3) is 0 Å². The van der Waals surface area contributed by atoms with Crippen LogP contribution in [-0.4, -0.2) is 11.9 Å². The molecule has 4 nitrogen and oxygen atoms in total. The Labute approximate surface area is 160 Å². The second kappa shape index (κ2) is 8.31. The van der Waals surface area contributed by atoms with Crippen LogP contribution in [-0.2, 0) is 11.0 Å². The molecule has 1 amide bonds. The van der Waals surface area contributed by atoms with Crippen LogP contribution in [0.5, 0.6) is 0 Å². The lowest BCUT2D eigenvalue weighted by Gasteiger charge is -2.22. The van der Waals surface area contributed by atoms with Gasteiger partial charge in [0, 0.05) is 5.69 Å². The molecule has 7 heteroatoms. The van der Waals surface area contributed by atoms with E-state index in [0.717, 1.165) is 17.7 Å². The first kappa shape index (κ1) is 19.7. The van der Waals surface area contributed by atoms with Gasteiger partial charge in [0.1, 0.15) is 5.76 Å². The minimum absolute atomic E-state index is 0.0859. The van der Waals surface area contributed by atoms with E-state index in [0.29, 0.717) is 5.76 Å². The van der Waals surface area contributed by atoms with Gasteiger partial charge in [0.05, 0.1) is 23.9 Å². The number of alkyl halides is 3. The molecule has 2 N–H and O–H groups in total. The number of carbonyl (C=O) groups is 1. The first-order valence-electron chi connectivity index (χ1n) is 8.67. The van der Waals surface area contributed by atoms with Crippen molar-refractivity contribution in [3.63, 3.8) is 0 Å². The van der Waals surface area contributed by atoms with Crippen molar-refractivity contribution in [2.45, 2.75) is 25.2 Å². The molecular formula is C21H19F3N2O2. The van der Waals surface area contributed by atoms with Gasteiger partial charge in [0.25, 0.3) is 0 Å². The summed E-state index contributed by atoms with van der Waals surface area (Å²) in [6.07, 6.45) is -2.93. The summed E-state index contributed by atoms with van der Waals surface area (Å²) >= 11 is 0. The van der Waals surface area contributed by atoms with E-state index in [1.54, 1.807) is 25.3 Å². The van der Waals surface area contributed by atoms with E-state index in [-0.39, 0.29) is 11.7 Å². The highest BCUT2D eigenvalue weighted by Crippen LogP contribution is 2.30. The average Bonchev–Trinajstić information content (AvgIpc) is 3.20. The van der Waals surface area contributed by atoms with Gasteiger partial charge in [-0.25, -0.2) is 0 Å². The quantitative estimate of drug-likeness (QED) is 0.625. The molecule has 0 spiro atoms. The average molecular weight is 388 g/mol. The molecule has 3 rings (SSSR count). The molecule has 0 saturated carbocycles. The molecule has 0 fully saturated rings. The molecule has 0 unspecified atom stereocenters. The van der Waals surface area contributed by atoms with Gasteiger partial charge in [-0.3, -0.25) is 10.1 Å². The molecule has 0 aliphatic rings. The van der Waals surface area contributed by atoms with Crippen LogP contribution in [0.2, 0.25) is 0 Å². The minimum Gasteiger partial charge on any atom is -0.467 e. The Morgan fingerprint density at radius 1 is 1.00 bits per heavy atom. The number of rotatable bonds is 6.